The first-order valence-electron chi connectivity index (χ1n) is 4.58. The van der Waals surface area contributed by atoms with Gasteiger partial charge in [0.1, 0.15) is 0 Å². The molecule has 0 radical (unpaired) electrons. The van der Waals surface area contributed by atoms with Gasteiger partial charge in [-0.05, 0) is 24.8 Å². The first-order valence-corrected chi connectivity index (χ1v) is 4.58. The molecule has 72 valence electrons. The number of rotatable bonds is 2. The summed E-state index contributed by atoms with van der Waals surface area (Å²) < 4.78 is 0. The van der Waals surface area contributed by atoms with Crippen LogP contribution in [0.25, 0.3) is 0 Å². The van der Waals surface area contributed by atoms with Crippen molar-refractivity contribution in [1.29, 1.82) is 0 Å². The number of allylic oxidation sites excluding steroid dienone is 3. The van der Waals surface area contributed by atoms with Crippen molar-refractivity contribution in [2.45, 2.75) is 27.2 Å². The maximum Gasteiger partial charge on any atom is 0.313 e. The van der Waals surface area contributed by atoms with Gasteiger partial charge in [-0.3, -0.25) is 4.79 Å². The molecule has 0 fully saturated rings. The maximum absolute atomic E-state index is 10.9. The standard InChI is InChI=1S/C11H16O2/c1-8(2)9-4-6-11(3,7-5-9)10(12)13/h4-6,8H,7H2,1-3H3,(H,12,13). The third kappa shape index (κ3) is 2.00. The van der Waals surface area contributed by atoms with E-state index < -0.39 is 11.4 Å². The van der Waals surface area contributed by atoms with Crippen molar-refractivity contribution in [3.63, 3.8) is 0 Å². The lowest BCUT2D eigenvalue weighted by molar-refractivity contribution is -0.145. The summed E-state index contributed by atoms with van der Waals surface area (Å²) in [7, 11) is 0. The van der Waals surface area contributed by atoms with Gasteiger partial charge in [-0.25, -0.2) is 0 Å². The molecule has 0 amide bonds. The molecule has 0 saturated heterocycles. The Morgan fingerprint density at radius 1 is 1.62 bits per heavy atom. The summed E-state index contributed by atoms with van der Waals surface area (Å²) in [4.78, 5) is 10.9. The second-order valence-electron chi connectivity index (χ2n) is 4.12. The zero-order valence-electron chi connectivity index (χ0n) is 8.37. The van der Waals surface area contributed by atoms with Gasteiger partial charge < -0.3 is 5.11 Å². The van der Waals surface area contributed by atoms with Crippen LogP contribution < -0.4 is 0 Å². The topological polar surface area (TPSA) is 37.3 Å². The van der Waals surface area contributed by atoms with Crippen LogP contribution in [0.1, 0.15) is 27.2 Å². The van der Waals surface area contributed by atoms with E-state index in [1.807, 2.05) is 12.2 Å². The van der Waals surface area contributed by atoms with E-state index in [2.05, 4.69) is 13.8 Å². The minimum Gasteiger partial charge on any atom is -0.481 e. The summed E-state index contributed by atoms with van der Waals surface area (Å²) in [6.07, 6.45) is 6.36. The van der Waals surface area contributed by atoms with Gasteiger partial charge in [-0.15, -0.1) is 0 Å². The highest BCUT2D eigenvalue weighted by molar-refractivity contribution is 5.77. The molecule has 1 rings (SSSR count). The van der Waals surface area contributed by atoms with E-state index in [1.54, 1.807) is 13.0 Å². The fraction of sp³-hybridized carbons (Fsp3) is 0.545. The molecule has 0 aromatic rings. The van der Waals surface area contributed by atoms with Crippen molar-refractivity contribution in [3.05, 3.63) is 23.8 Å². The Balaban J connectivity index is 2.79. The molecule has 1 N–H and O–H groups in total. The third-order valence-electron chi connectivity index (χ3n) is 2.56. The molecule has 1 aliphatic rings. The average molecular weight is 180 g/mol. The SMILES string of the molecule is CC(C)C1=CCC(C)(C(=O)O)C=C1. The fourth-order valence-electron chi connectivity index (χ4n) is 1.33. The van der Waals surface area contributed by atoms with Crippen LogP contribution in [0.4, 0.5) is 0 Å². The molecule has 0 spiro atoms. The third-order valence-corrected chi connectivity index (χ3v) is 2.56. The summed E-state index contributed by atoms with van der Waals surface area (Å²) in [5.41, 5.74) is 0.539. The largest absolute Gasteiger partial charge is 0.481 e. The monoisotopic (exact) mass is 180 g/mol. The predicted molar refractivity (Wildman–Crippen MR) is 52.4 cm³/mol. The van der Waals surface area contributed by atoms with Crippen LogP contribution in [0.2, 0.25) is 0 Å². The zero-order chi connectivity index (χ0) is 10.1. The Labute approximate surface area is 79.0 Å². The van der Waals surface area contributed by atoms with Crippen LogP contribution in [0.3, 0.4) is 0 Å². The van der Waals surface area contributed by atoms with Crippen molar-refractivity contribution >= 4 is 5.97 Å². The predicted octanol–water partition coefficient (Wildman–Crippen LogP) is 2.62. The molecular weight excluding hydrogens is 164 g/mol. The molecule has 0 saturated carbocycles. The normalized spacial score (nSPS) is 27.5. The van der Waals surface area contributed by atoms with Gasteiger partial charge in [0.25, 0.3) is 0 Å². The Morgan fingerprint density at radius 2 is 2.23 bits per heavy atom. The number of carbonyl (C=O) groups is 1. The minimum atomic E-state index is -0.747. The molecule has 13 heavy (non-hydrogen) atoms. The molecule has 0 aliphatic heterocycles. The van der Waals surface area contributed by atoms with E-state index in [4.69, 9.17) is 5.11 Å². The highest BCUT2D eigenvalue weighted by atomic mass is 16.4. The van der Waals surface area contributed by atoms with Gasteiger partial charge in [0.05, 0.1) is 5.41 Å². The smallest absolute Gasteiger partial charge is 0.313 e. The molecule has 0 aromatic carbocycles. The summed E-state index contributed by atoms with van der Waals surface area (Å²) >= 11 is 0. The molecular formula is C11H16O2. The van der Waals surface area contributed by atoms with Crippen LogP contribution in [0, 0.1) is 11.3 Å². The van der Waals surface area contributed by atoms with Crippen LogP contribution in [-0.2, 0) is 4.79 Å². The summed E-state index contributed by atoms with van der Waals surface area (Å²) in [6.45, 7) is 5.97. The second-order valence-corrected chi connectivity index (χ2v) is 4.12. The Morgan fingerprint density at radius 3 is 2.54 bits per heavy atom. The first kappa shape index (κ1) is 10.0. The van der Waals surface area contributed by atoms with Gasteiger partial charge in [0, 0.05) is 0 Å². The minimum absolute atomic E-state index is 0.481. The molecule has 1 atom stereocenters. The highest BCUT2D eigenvalue weighted by Crippen LogP contribution is 2.31. The summed E-state index contributed by atoms with van der Waals surface area (Å²) in [5, 5.41) is 8.94. The average Bonchev–Trinajstić information content (AvgIpc) is 2.04. The van der Waals surface area contributed by atoms with Gasteiger partial charge in [0.15, 0.2) is 0 Å². The molecule has 0 bridgehead atoms. The van der Waals surface area contributed by atoms with E-state index in [0.29, 0.717) is 12.3 Å². The Bertz CT molecular complexity index is 274. The zero-order valence-corrected chi connectivity index (χ0v) is 8.37. The van der Waals surface area contributed by atoms with Crippen LogP contribution in [0.15, 0.2) is 23.8 Å². The van der Waals surface area contributed by atoms with Crippen molar-refractivity contribution in [3.8, 4) is 0 Å². The molecule has 0 aromatic heterocycles. The van der Waals surface area contributed by atoms with Gasteiger partial charge in [-0.2, -0.15) is 0 Å². The van der Waals surface area contributed by atoms with Crippen LogP contribution in [0.5, 0.6) is 0 Å². The van der Waals surface area contributed by atoms with Crippen molar-refractivity contribution in [2.75, 3.05) is 0 Å². The summed E-state index contributed by atoms with van der Waals surface area (Å²) in [5.74, 6) is -0.266. The number of hydrogen-bond donors (Lipinski definition) is 1. The number of carboxylic acid groups (broad SMARTS) is 1. The summed E-state index contributed by atoms with van der Waals surface area (Å²) in [6, 6.07) is 0. The van der Waals surface area contributed by atoms with E-state index in [-0.39, 0.29) is 0 Å². The van der Waals surface area contributed by atoms with Crippen molar-refractivity contribution < 1.29 is 9.90 Å². The number of hydrogen-bond acceptors (Lipinski definition) is 1. The van der Waals surface area contributed by atoms with Crippen molar-refractivity contribution in [2.24, 2.45) is 11.3 Å². The second kappa shape index (κ2) is 3.36. The Kier molecular flexibility index (Phi) is 2.60. The number of carboxylic acids is 1. The van der Waals surface area contributed by atoms with E-state index in [9.17, 15) is 4.79 Å². The molecule has 1 unspecified atom stereocenters. The van der Waals surface area contributed by atoms with Crippen LogP contribution in [-0.4, -0.2) is 11.1 Å². The Hall–Kier alpha value is -1.05. The van der Waals surface area contributed by atoms with Crippen molar-refractivity contribution in [1.82, 2.24) is 0 Å². The first-order chi connectivity index (χ1) is 5.96. The van der Waals surface area contributed by atoms with E-state index >= 15 is 0 Å². The molecule has 2 heteroatoms. The van der Waals surface area contributed by atoms with Crippen LogP contribution >= 0.6 is 0 Å². The quantitative estimate of drug-likeness (QED) is 0.709. The van der Waals surface area contributed by atoms with Gasteiger partial charge in [0.2, 0.25) is 0 Å². The van der Waals surface area contributed by atoms with E-state index in [1.165, 1.54) is 5.57 Å². The fourth-order valence-corrected chi connectivity index (χ4v) is 1.33. The maximum atomic E-state index is 10.9. The van der Waals surface area contributed by atoms with E-state index in [0.717, 1.165) is 0 Å². The molecule has 2 nitrogen and oxygen atoms in total. The van der Waals surface area contributed by atoms with Gasteiger partial charge >= 0.3 is 5.97 Å². The van der Waals surface area contributed by atoms with Gasteiger partial charge in [-0.1, -0.05) is 32.1 Å². The lowest BCUT2D eigenvalue weighted by atomic mass is 9.80. The lowest BCUT2D eigenvalue weighted by Crippen LogP contribution is -2.26. The number of aliphatic carboxylic acids is 1. The molecule has 0 heterocycles. The highest BCUT2D eigenvalue weighted by Gasteiger charge is 2.30. The molecule has 1 aliphatic carbocycles. The lowest BCUT2D eigenvalue weighted by Gasteiger charge is -2.24.